The molecular weight excluding hydrogens is 400 g/mol. The van der Waals surface area contributed by atoms with Gasteiger partial charge >= 0.3 is 0 Å². The second-order valence-electron chi connectivity index (χ2n) is 7.14. The van der Waals surface area contributed by atoms with E-state index in [1.54, 1.807) is 36.2 Å². The number of hydrogen-bond donors (Lipinski definition) is 0. The predicted octanol–water partition coefficient (Wildman–Crippen LogP) is 5.08. The minimum atomic E-state index is -0.137. The minimum absolute atomic E-state index is 0.137. The zero-order chi connectivity index (χ0) is 21.1. The highest BCUT2D eigenvalue weighted by molar-refractivity contribution is 6.30. The van der Waals surface area contributed by atoms with Crippen LogP contribution in [0.4, 0.5) is 0 Å². The van der Waals surface area contributed by atoms with Crippen LogP contribution in [-0.2, 0) is 6.54 Å². The Bertz CT molecular complexity index is 1230. The van der Waals surface area contributed by atoms with Gasteiger partial charge in [-0.05, 0) is 24.6 Å². The van der Waals surface area contributed by atoms with Crippen molar-refractivity contribution in [2.45, 2.75) is 32.7 Å². The monoisotopic (exact) mass is 422 g/mol. The number of nitrogens with zero attached hydrogens (tertiary/aromatic N) is 4. The molecular formula is C23H23ClN4O2. The molecule has 154 valence electrons. The molecule has 0 unspecified atom stereocenters. The first-order valence-electron chi connectivity index (χ1n) is 9.99. The van der Waals surface area contributed by atoms with E-state index in [1.807, 2.05) is 30.3 Å². The molecule has 1 aromatic carbocycles. The fourth-order valence-corrected chi connectivity index (χ4v) is 3.63. The number of halogens is 1. The van der Waals surface area contributed by atoms with Gasteiger partial charge in [0.1, 0.15) is 5.75 Å². The summed E-state index contributed by atoms with van der Waals surface area (Å²) in [6.07, 6.45) is 8.37. The fourth-order valence-electron chi connectivity index (χ4n) is 3.51. The molecule has 7 heteroatoms. The normalized spacial score (nSPS) is 11.2. The van der Waals surface area contributed by atoms with Gasteiger partial charge in [-0.25, -0.2) is 4.98 Å². The van der Waals surface area contributed by atoms with Crippen LogP contribution >= 0.6 is 11.6 Å². The van der Waals surface area contributed by atoms with Gasteiger partial charge in [-0.1, -0.05) is 43.5 Å². The van der Waals surface area contributed by atoms with Crippen LogP contribution in [0.2, 0.25) is 5.02 Å². The average molecular weight is 423 g/mol. The van der Waals surface area contributed by atoms with E-state index in [9.17, 15) is 4.79 Å². The lowest BCUT2D eigenvalue weighted by atomic mass is 10.1. The SMILES string of the molecule is CCCCCn1c(-c2cncc(OC)c2)cc(=O)n2cc(-c3ccc(Cl)cc3)nc12. The second-order valence-corrected chi connectivity index (χ2v) is 7.58. The van der Waals surface area contributed by atoms with E-state index >= 15 is 0 Å². The molecule has 0 atom stereocenters. The fraction of sp³-hybridized carbons (Fsp3) is 0.261. The smallest absolute Gasteiger partial charge is 0.259 e. The summed E-state index contributed by atoms with van der Waals surface area (Å²) >= 11 is 6.02. The molecule has 0 bridgehead atoms. The van der Waals surface area contributed by atoms with Crippen LogP contribution in [-0.4, -0.2) is 26.0 Å². The summed E-state index contributed by atoms with van der Waals surface area (Å²) in [6, 6.07) is 11.0. The lowest BCUT2D eigenvalue weighted by Gasteiger charge is -2.15. The Hall–Kier alpha value is -3.12. The number of methoxy groups -OCH3 is 1. The Morgan fingerprint density at radius 2 is 1.87 bits per heavy atom. The van der Waals surface area contributed by atoms with Crippen LogP contribution in [0, 0.1) is 0 Å². The molecule has 0 N–H and O–H groups in total. The van der Waals surface area contributed by atoms with Gasteiger partial charge in [0, 0.05) is 41.2 Å². The molecule has 4 rings (SSSR count). The number of hydrogen-bond acceptors (Lipinski definition) is 4. The van der Waals surface area contributed by atoms with Crippen molar-refractivity contribution in [1.29, 1.82) is 0 Å². The van der Waals surface area contributed by atoms with Crippen LogP contribution < -0.4 is 10.3 Å². The number of imidazole rings is 1. The Balaban J connectivity index is 1.91. The third kappa shape index (κ3) is 3.96. The molecule has 0 aliphatic rings. The lowest BCUT2D eigenvalue weighted by Crippen LogP contribution is -2.18. The van der Waals surface area contributed by atoms with Gasteiger partial charge in [0.2, 0.25) is 5.78 Å². The van der Waals surface area contributed by atoms with Crippen molar-refractivity contribution in [2.75, 3.05) is 7.11 Å². The first-order valence-corrected chi connectivity index (χ1v) is 10.4. The molecule has 0 aliphatic carbocycles. The van der Waals surface area contributed by atoms with Gasteiger partial charge in [-0.3, -0.25) is 14.2 Å². The molecule has 0 saturated carbocycles. The number of pyridine rings is 1. The van der Waals surface area contributed by atoms with E-state index in [1.165, 1.54) is 0 Å². The summed E-state index contributed by atoms with van der Waals surface area (Å²) in [5.74, 6) is 1.26. The van der Waals surface area contributed by atoms with Crippen molar-refractivity contribution < 1.29 is 4.74 Å². The lowest BCUT2D eigenvalue weighted by molar-refractivity contribution is 0.413. The standard InChI is InChI=1S/C23H23ClN4O2/c1-3-4-5-10-27-21(17-11-19(30-2)14-25-13-17)12-22(29)28-15-20(26-23(27)28)16-6-8-18(24)9-7-16/h6-9,11-15H,3-5,10H2,1-2H3. The Morgan fingerprint density at radius 1 is 1.07 bits per heavy atom. The van der Waals surface area contributed by atoms with Crippen molar-refractivity contribution in [3.05, 3.63) is 70.4 Å². The zero-order valence-corrected chi connectivity index (χ0v) is 17.8. The van der Waals surface area contributed by atoms with Crippen LogP contribution in [0.1, 0.15) is 26.2 Å². The Labute approximate surface area is 179 Å². The van der Waals surface area contributed by atoms with Crippen molar-refractivity contribution in [3.8, 4) is 28.3 Å². The molecule has 30 heavy (non-hydrogen) atoms. The first-order chi connectivity index (χ1) is 14.6. The molecule has 0 saturated heterocycles. The van der Waals surface area contributed by atoms with Gasteiger partial charge in [0.05, 0.1) is 24.7 Å². The highest BCUT2D eigenvalue weighted by Crippen LogP contribution is 2.26. The first kappa shape index (κ1) is 20.2. The van der Waals surface area contributed by atoms with Crippen LogP contribution in [0.25, 0.3) is 28.3 Å². The van der Waals surface area contributed by atoms with Crippen LogP contribution in [0.15, 0.2) is 59.8 Å². The van der Waals surface area contributed by atoms with Crippen molar-refractivity contribution in [1.82, 2.24) is 18.9 Å². The van der Waals surface area contributed by atoms with E-state index < -0.39 is 0 Å². The van der Waals surface area contributed by atoms with Gasteiger partial charge < -0.3 is 9.30 Å². The van der Waals surface area contributed by atoms with Gasteiger partial charge in [-0.15, -0.1) is 0 Å². The molecule has 0 spiro atoms. The van der Waals surface area contributed by atoms with E-state index in [2.05, 4.69) is 16.5 Å². The summed E-state index contributed by atoms with van der Waals surface area (Å²) in [5, 5.41) is 0.662. The minimum Gasteiger partial charge on any atom is -0.495 e. The number of aryl methyl sites for hydroxylation is 1. The van der Waals surface area contributed by atoms with E-state index in [4.69, 9.17) is 21.3 Å². The number of aromatic nitrogens is 4. The molecule has 0 aliphatic heterocycles. The number of rotatable bonds is 7. The molecule has 0 amide bonds. The zero-order valence-electron chi connectivity index (χ0n) is 17.0. The maximum Gasteiger partial charge on any atom is 0.259 e. The molecule has 0 fully saturated rings. The summed E-state index contributed by atoms with van der Waals surface area (Å²) in [5.41, 5.74) is 3.10. The quantitative estimate of drug-likeness (QED) is 0.390. The van der Waals surface area contributed by atoms with Crippen molar-refractivity contribution >= 4 is 17.4 Å². The van der Waals surface area contributed by atoms with E-state index in [0.717, 1.165) is 48.3 Å². The number of ether oxygens (including phenoxy) is 1. The van der Waals surface area contributed by atoms with Crippen molar-refractivity contribution in [2.24, 2.45) is 0 Å². The Kier molecular flexibility index (Phi) is 5.86. The number of unbranched alkanes of at least 4 members (excludes halogenated alkanes) is 2. The van der Waals surface area contributed by atoms with E-state index in [0.29, 0.717) is 16.5 Å². The van der Waals surface area contributed by atoms with Crippen LogP contribution in [0.5, 0.6) is 5.75 Å². The summed E-state index contributed by atoms with van der Waals surface area (Å²) in [4.78, 5) is 22.0. The number of benzene rings is 1. The van der Waals surface area contributed by atoms with Gasteiger partial charge in [0.15, 0.2) is 0 Å². The molecule has 0 radical (unpaired) electrons. The van der Waals surface area contributed by atoms with Gasteiger partial charge in [0.25, 0.3) is 5.56 Å². The summed E-state index contributed by atoms with van der Waals surface area (Å²) in [7, 11) is 1.60. The highest BCUT2D eigenvalue weighted by atomic mass is 35.5. The molecule has 6 nitrogen and oxygen atoms in total. The Morgan fingerprint density at radius 3 is 2.60 bits per heavy atom. The average Bonchev–Trinajstić information content (AvgIpc) is 3.22. The molecule has 3 heterocycles. The highest BCUT2D eigenvalue weighted by Gasteiger charge is 2.15. The number of fused-ring (bicyclic) bond motifs is 1. The van der Waals surface area contributed by atoms with Crippen molar-refractivity contribution in [3.63, 3.8) is 0 Å². The predicted molar refractivity (Wildman–Crippen MR) is 119 cm³/mol. The summed E-state index contributed by atoms with van der Waals surface area (Å²) in [6.45, 7) is 2.92. The third-order valence-electron chi connectivity index (χ3n) is 5.09. The van der Waals surface area contributed by atoms with Crippen LogP contribution in [0.3, 0.4) is 0 Å². The molecule has 3 aromatic heterocycles. The summed E-state index contributed by atoms with van der Waals surface area (Å²) < 4.78 is 9.02. The maximum absolute atomic E-state index is 12.9. The van der Waals surface area contributed by atoms with E-state index in [-0.39, 0.29) is 5.56 Å². The molecule has 4 aromatic rings. The second kappa shape index (κ2) is 8.71. The third-order valence-corrected chi connectivity index (χ3v) is 5.34. The van der Waals surface area contributed by atoms with Gasteiger partial charge in [-0.2, -0.15) is 0 Å². The topological polar surface area (TPSA) is 61.4 Å². The largest absolute Gasteiger partial charge is 0.495 e. The maximum atomic E-state index is 12.9.